The zero-order valence-corrected chi connectivity index (χ0v) is 14.4. The SMILES string of the molecule is C=C/C(=C\NC1=C[C@](C)(c2ccccc2)CCC1)C(C)(C)C. The summed E-state index contributed by atoms with van der Waals surface area (Å²) in [6.07, 6.45) is 10.0. The van der Waals surface area contributed by atoms with Crippen LogP contribution in [0.15, 0.2) is 66.5 Å². The van der Waals surface area contributed by atoms with Crippen LogP contribution in [0.1, 0.15) is 52.5 Å². The van der Waals surface area contributed by atoms with Crippen molar-refractivity contribution in [1.29, 1.82) is 0 Å². The normalized spacial score (nSPS) is 22.9. The number of hydrogen-bond acceptors (Lipinski definition) is 1. The lowest BCUT2D eigenvalue weighted by atomic mass is 9.74. The van der Waals surface area contributed by atoms with Crippen molar-refractivity contribution in [1.82, 2.24) is 5.32 Å². The van der Waals surface area contributed by atoms with Crippen molar-refractivity contribution >= 4 is 0 Å². The predicted molar refractivity (Wildman–Crippen MR) is 96.6 cm³/mol. The van der Waals surface area contributed by atoms with Crippen LogP contribution in [0.3, 0.4) is 0 Å². The van der Waals surface area contributed by atoms with Gasteiger partial charge in [0.15, 0.2) is 0 Å². The smallest absolute Gasteiger partial charge is 0.0124 e. The van der Waals surface area contributed by atoms with Crippen LogP contribution in [0, 0.1) is 5.41 Å². The molecule has 1 aliphatic carbocycles. The van der Waals surface area contributed by atoms with Crippen molar-refractivity contribution in [2.24, 2.45) is 5.41 Å². The first-order valence-corrected chi connectivity index (χ1v) is 8.22. The number of allylic oxidation sites excluding steroid dienone is 4. The van der Waals surface area contributed by atoms with Gasteiger partial charge in [-0.05, 0) is 35.8 Å². The fraction of sp³-hybridized carbons (Fsp3) is 0.429. The van der Waals surface area contributed by atoms with E-state index in [9.17, 15) is 0 Å². The summed E-state index contributed by atoms with van der Waals surface area (Å²) in [5.74, 6) is 0. The van der Waals surface area contributed by atoms with Gasteiger partial charge in [0.25, 0.3) is 0 Å². The third-order valence-electron chi connectivity index (χ3n) is 4.57. The van der Waals surface area contributed by atoms with Crippen molar-refractivity contribution in [3.8, 4) is 0 Å². The van der Waals surface area contributed by atoms with Gasteiger partial charge in [0.2, 0.25) is 0 Å². The maximum atomic E-state index is 3.94. The highest BCUT2D eigenvalue weighted by Gasteiger charge is 2.27. The Morgan fingerprint density at radius 3 is 2.50 bits per heavy atom. The number of nitrogens with one attached hydrogen (secondary N) is 1. The Hall–Kier alpha value is -1.76. The zero-order valence-electron chi connectivity index (χ0n) is 14.4. The third-order valence-corrected chi connectivity index (χ3v) is 4.57. The molecule has 0 aromatic heterocycles. The first-order valence-electron chi connectivity index (χ1n) is 8.22. The molecule has 0 heterocycles. The first-order chi connectivity index (χ1) is 10.3. The van der Waals surface area contributed by atoms with Gasteiger partial charge in [0.05, 0.1) is 0 Å². The second-order valence-corrected chi connectivity index (χ2v) is 7.50. The van der Waals surface area contributed by atoms with E-state index in [-0.39, 0.29) is 10.8 Å². The Bertz CT molecular complexity index is 572. The molecule has 1 aromatic rings. The van der Waals surface area contributed by atoms with Gasteiger partial charge in [-0.2, -0.15) is 0 Å². The molecule has 1 heteroatoms. The molecule has 118 valence electrons. The van der Waals surface area contributed by atoms with Crippen molar-refractivity contribution in [3.05, 3.63) is 72.1 Å². The van der Waals surface area contributed by atoms with Gasteiger partial charge >= 0.3 is 0 Å². The lowest BCUT2D eigenvalue weighted by Crippen LogP contribution is -2.26. The van der Waals surface area contributed by atoms with Crippen LogP contribution in [0.2, 0.25) is 0 Å². The standard InChI is InChI=1S/C21H29N/c1-6-17(20(2,3)4)16-22-19-13-10-14-21(5,15-19)18-11-8-7-9-12-18/h6-9,11-12,15-16,22H,1,10,13-14H2,2-5H3/b17-16+/t21-/m1/s1. The molecule has 2 rings (SSSR count). The molecule has 1 N–H and O–H groups in total. The summed E-state index contributed by atoms with van der Waals surface area (Å²) in [6.45, 7) is 12.9. The van der Waals surface area contributed by atoms with Crippen LogP contribution in [0.5, 0.6) is 0 Å². The maximum Gasteiger partial charge on any atom is 0.0124 e. The minimum absolute atomic E-state index is 0.118. The molecule has 1 atom stereocenters. The lowest BCUT2D eigenvalue weighted by Gasteiger charge is -2.32. The molecule has 1 aromatic carbocycles. The number of hydrogen-bond donors (Lipinski definition) is 1. The molecule has 22 heavy (non-hydrogen) atoms. The molecule has 0 saturated heterocycles. The third kappa shape index (κ3) is 3.91. The van der Waals surface area contributed by atoms with E-state index in [4.69, 9.17) is 0 Å². The molecule has 0 bridgehead atoms. The van der Waals surface area contributed by atoms with Gasteiger partial charge in [-0.15, -0.1) is 0 Å². The predicted octanol–water partition coefficient (Wildman–Crippen LogP) is 5.72. The molecule has 0 saturated carbocycles. The Kier molecular flexibility index (Phi) is 4.95. The van der Waals surface area contributed by atoms with Gasteiger partial charge in [0, 0.05) is 17.3 Å². The van der Waals surface area contributed by atoms with Gasteiger partial charge in [-0.25, -0.2) is 0 Å². The molecule has 1 nitrogen and oxygen atoms in total. The molecule has 0 aliphatic heterocycles. The van der Waals surface area contributed by atoms with E-state index in [1.54, 1.807) is 0 Å². The molecule has 0 fully saturated rings. The van der Waals surface area contributed by atoms with Gasteiger partial charge in [-0.1, -0.05) is 76.8 Å². The molecular weight excluding hydrogens is 266 g/mol. The van der Waals surface area contributed by atoms with Crippen LogP contribution < -0.4 is 5.32 Å². The van der Waals surface area contributed by atoms with E-state index in [1.807, 2.05) is 6.08 Å². The van der Waals surface area contributed by atoms with E-state index >= 15 is 0 Å². The summed E-state index contributed by atoms with van der Waals surface area (Å²) in [5.41, 5.74) is 4.21. The van der Waals surface area contributed by atoms with Crippen LogP contribution in [0.4, 0.5) is 0 Å². The molecule has 0 amide bonds. The molecule has 0 unspecified atom stereocenters. The highest BCUT2D eigenvalue weighted by molar-refractivity contribution is 5.33. The van der Waals surface area contributed by atoms with Crippen molar-refractivity contribution in [2.75, 3.05) is 0 Å². The lowest BCUT2D eigenvalue weighted by molar-refractivity contribution is 0.475. The van der Waals surface area contributed by atoms with Crippen molar-refractivity contribution in [3.63, 3.8) is 0 Å². The highest BCUT2D eigenvalue weighted by Crippen LogP contribution is 2.36. The topological polar surface area (TPSA) is 12.0 Å². The van der Waals surface area contributed by atoms with Crippen molar-refractivity contribution in [2.45, 2.75) is 52.4 Å². The summed E-state index contributed by atoms with van der Waals surface area (Å²) in [5, 5.41) is 3.53. The van der Waals surface area contributed by atoms with E-state index in [0.717, 1.165) is 6.42 Å². The van der Waals surface area contributed by atoms with Crippen LogP contribution in [-0.2, 0) is 5.41 Å². The first kappa shape index (κ1) is 16.6. The number of rotatable bonds is 4. The van der Waals surface area contributed by atoms with E-state index in [0.29, 0.717) is 0 Å². The van der Waals surface area contributed by atoms with Gasteiger partial charge < -0.3 is 5.32 Å². The fourth-order valence-electron chi connectivity index (χ4n) is 3.09. The summed E-state index contributed by atoms with van der Waals surface area (Å²) >= 11 is 0. The fourth-order valence-corrected chi connectivity index (χ4v) is 3.09. The number of benzene rings is 1. The maximum absolute atomic E-state index is 3.94. The Morgan fingerprint density at radius 1 is 1.23 bits per heavy atom. The largest absolute Gasteiger partial charge is 0.365 e. The Balaban J connectivity index is 2.22. The molecular formula is C21H29N. The molecule has 1 aliphatic rings. The second kappa shape index (κ2) is 6.56. The van der Waals surface area contributed by atoms with Gasteiger partial charge in [0.1, 0.15) is 0 Å². The Labute approximate surface area is 135 Å². The van der Waals surface area contributed by atoms with E-state index < -0.39 is 0 Å². The average Bonchev–Trinajstić information content (AvgIpc) is 2.47. The van der Waals surface area contributed by atoms with Crippen LogP contribution in [-0.4, -0.2) is 0 Å². The minimum atomic E-state index is 0.118. The van der Waals surface area contributed by atoms with E-state index in [2.05, 4.69) is 82.2 Å². The quantitative estimate of drug-likeness (QED) is 0.701. The molecule has 0 radical (unpaired) electrons. The van der Waals surface area contributed by atoms with Gasteiger partial charge in [-0.3, -0.25) is 0 Å². The zero-order chi connectivity index (χ0) is 16.2. The second-order valence-electron chi connectivity index (χ2n) is 7.50. The van der Waals surface area contributed by atoms with Crippen LogP contribution >= 0.6 is 0 Å². The Morgan fingerprint density at radius 2 is 1.91 bits per heavy atom. The minimum Gasteiger partial charge on any atom is -0.365 e. The summed E-state index contributed by atoms with van der Waals surface area (Å²) in [7, 11) is 0. The monoisotopic (exact) mass is 295 g/mol. The van der Waals surface area contributed by atoms with Crippen molar-refractivity contribution < 1.29 is 0 Å². The average molecular weight is 295 g/mol. The summed E-state index contributed by atoms with van der Waals surface area (Å²) in [4.78, 5) is 0. The highest BCUT2D eigenvalue weighted by atomic mass is 14.9. The van der Waals surface area contributed by atoms with Crippen LogP contribution in [0.25, 0.3) is 0 Å². The molecule has 0 spiro atoms. The van der Waals surface area contributed by atoms with E-state index in [1.165, 1.54) is 29.7 Å². The summed E-state index contributed by atoms with van der Waals surface area (Å²) in [6, 6.07) is 10.8. The summed E-state index contributed by atoms with van der Waals surface area (Å²) < 4.78 is 0.